The molecule has 5 rings (SSSR count). The average molecular weight is 542 g/mol. The van der Waals surface area contributed by atoms with Gasteiger partial charge in [-0.15, -0.1) is 0 Å². The van der Waals surface area contributed by atoms with Gasteiger partial charge in [-0.3, -0.25) is 29.1 Å². The number of benzene rings is 2. The number of nitrogens with zero attached hydrogens (tertiary/aromatic N) is 5. The number of aromatic nitrogens is 4. The number of anilines is 1. The first-order valence-electron chi connectivity index (χ1n) is 13.7. The molecule has 2 amide bonds. The third-order valence-electron chi connectivity index (χ3n) is 6.87. The zero-order valence-electron chi connectivity index (χ0n) is 22.8. The van der Waals surface area contributed by atoms with Gasteiger partial charge >= 0.3 is 0 Å². The van der Waals surface area contributed by atoms with Gasteiger partial charge in [0.25, 0.3) is 5.91 Å². The van der Waals surface area contributed by atoms with Crippen molar-refractivity contribution in [1.29, 1.82) is 0 Å². The van der Waals surface area contributed by atoms with Gasteiger partial charge in [0.2, 0.25) is 11.9 Å². The van der Waals surface area contributed by atoms with Crippen LogP contribution in [0, 0.1) is 0 Å². The second-order valence-corrected chi connectivity index (χ2v) is 9.86. The number of para-hydroxylation sites is 1. The van der Waals surface area contributed by atoms with E-state index in [1.165, 1.54) is 0 Å². The zero-order chi connectivity index (χ0) is 27.7. The van der Waals surface area contributed by atoms with Crippen LogP contribution in [0.3, 0.4) is 0 Å². The van der Waals surface area contributed by atoms with Gasteiger partial charge in [-0.2, -0.15) is 5.10 Å². The van der Waals surface area contributed by atoms with Gasteiger partial charge < -0.3 is 10.1 Å². The third kappa shape index (κ3) is 7.22. The second-order valence-electron chi connectivity index (χ2n) is 9.86. The fraction of sp³-hybridized carbons (Fsp3) is 0.333. The van der Waals surface area contributed by atoms with Crippen LogP contribution in [0.2, 0.25) is 0 Å². The van der Waals surface area contributed by atoms with Gasteiger partial charge in [0.15, 0.2) is 0 Å². The van der Waals surface area contributed by atoms with Crippen LogP contribution in [-0.4, -0.2) is 75.4 Å². The van der Waals surface area contributed by atoms with E-state index in [0.29, 0.717) is 37.3 Å². The molecule has 1 saturated heterocycles. The molecule has 0 bridgehead atoms. The molecule has 2 aromatic carbocycles. The van der Waals surface area contributed by atoms with E-state index in [2.05, 4.69) is 20.6 Å². The summed E-state index contributed by atoms with van der Waals surface area (Å²) >= 11 is 0. The number of nitrogens with one attached hydrogen (secondary N) is 2. The Labute approximate surface area is 234 Å². The Balaban J connectivity index is 1.21. The smallest absolute Gasteiger partial charge is 0.258 e. The van der Waals surface area contributed by atoms with Crippen LogP contribution in [-0.2, 0) is 23.0 Å². The number of hydrogen-bond acceptors (Lipinski definition) is 6. The molecule has 0 saturated carbocycles. The van der Waals surface area contributed by atoms with Crippen LogP contribution >= 0.6 is 0 Å². The number of hydrogen-bond donors (Lipinski definition) is 2. The molecule has 1 aliphatic rings. The largest absolute Gasteiger partial charge is 0.379 e. The van der Waals surface area contributed by atoms with E-state index in [9.17, 15) is 9.59 Å². The zero-order valence-corrected chi connectivity index (χ0v) is 22.8. The summed E-state index contributed by atoms with van der Waals surface area (Å²) in [5, 5.41) is 10.2. The molecular formula is C30H35N7O3. The van der Waals surface area contributed by atoms with Crippen LogP contribution in [0.1, 0.15) is 28.9 Å². The summed E-state index contributed by atoms with van der Waals surface area (Å²) in [4.78, 5) is 32.6. The number of carbonyl (C=O) groups excluding carboxylic acids is 2. The Bertz CT molecular complexity index is 1420. The predicted molar refractivity (Wildman–Crippen MR) is 153 cm³/mol. The van der Waals surface area contributed by atoms with E-state index in [1.807, 2.05) is 72.5 Å². The molecule has 1 aliphatic heterocycles. The van der Waals surface area contributed by atoms with Crippen molar-refractivity contribution in [2.24, 2.45) is 7.05 Å². The Morgan fingerprint density at radius 3 is 2.60 bits per heavy atom. The average Bonchev–Trinajstić information content (AvgIpc) is 3.60. The van der Waals surface area contributed by atoms with E-state index in [1.54, 1.807) is 16.9 Å². The highest BCUT2D eigenvalue weighted by molar-refractivity contribution is 6.04. The lowest BCUT2D eigenvalue weighted by molar-refractivity contribution is -0.121. The molecule has 0 spiro atoms. The van der Waals surface area contributed by atoms with Crippen LogP contribution in [0.25, 0.3) is 16.8 Å². The predicted octanol–water partition coefficient (Wildman–Crippen LogP) is 3.30. The second kappa shape index (κ2) is 13.2. The normalized spacial score (nSPS) is 13.7. The Kier molecular flexibility index (Phi) is 9.00. The number of morpholine rings is 1. The van der Waals surface area contributed by atoms with Crippen LogP contribution in [0.5, 0.6) is 0 Å². The molecule has 40 heavy (non-hydrogen) atoms. The maximum atomic E-state index is 13.3. The fourth-order valence-electron chi connectivity index (χ4n) is 4.70. The minimum atomic E-state index is -0.250. The maximum absolute atomic E-state index is 13.3. The van der Waals surface area contributed by atoms with Gasteiger partial charge in [-0.1, -0.05) is 30.3 Å². The Morgan fingerprint density at radius 1 is 1.00 bits per heavy atom. The highest BCUT2D eigenvalue weighted by Crippen LogP contribution is 2.22. The number of carbonyl (C=O) groups is 2. The molecule has 10 nitrogen and oxygen atoms in total. The first-order chi connectivity index (χ1) is 19.5. The lowest BCUT2D eigenvalue weighted by atomic mass is 10.1. The summed E-state index contributed by atoms with van der Waals surface area (Å²) in [7, 11) is 1.86. The molecule has 0 aliphatic carbocycles. The molecule has 208 valence electrons. The van der Waals surface area contributed by atoms with Gasteiger partial charge in [0, 0.05) is 68.9 Å². The SMILES string of the molecule is Cn1cc(-c2cccc(C(=O)Nc3nc(CCCC(=O)NCCN4CCOCC4)cn3-c3ccccc3)c2)cn1. The van der Waals surface area contributed by atoms with Gasteiger partial charge in [0.05, 0.1) is 25.1 Å². The minimum absolute atomic E-state index is 0.0396. The molecule has 1 fully saturated rings. The van der Waals surface area contributed by atoms with Crippen LogP contribution in [0.4, 0.5) is 5.95 Å². The first-order valence-corrected chi connectivity index (χ1v) is 13.7. The highest BCUT2D eigenvalue weighted by Gasteiger charge is 2.16. The summed E-state index contributed by atoms with van der Waals surface area (Å²) in [5.74, 6) is 0.227. The quantitative estimate of drug-likeness (QED) is 0.302. The van der Waals surface area contributed by atoms with Crippen molar-refractivity contribution < 1.29 is 14.3 Å². The molecule has 2 aromatic heterocycles. The van der Waals surface area contributed by atoms with Crippen molar-refractivity contribution in [2.75, 3.05) is 44.7 Å². The van der Waals surface area contributed by atoms with Gasteiger partial charge in [-0.05, 0) is 42.7 Å². The first kappa shape index (κ1) is 27.3. The molecular weight excluding hydrogens is 506 g/mol. The van der Waals surface area contributed by atoms with Crippen molar-refractivity contribution in [3.63, 3.8) is 0 Å². The topological polar surface area (TPSA) is 106 Å². The number of rotatable bonds is 11. The van der Waals surface area contributed by atoms with Crippen molar-refractivity contribution in [1.82, 2.24) is 29.5 Å². The molecule has 0 unspecified atom stereocenters. The van der Waals surface area contributed by atoms with E-state index in [4.69, 9.17) is 9.72 Å². The fourth-order valence-corrected chi connectivity index (χ4v) is 4.70. The molecule has 3 heterocycles. The summed E-state index contributed by atoms with van der Waals surface area (Å²) in [6.07, 6.45) is 7.31. The van der Waals surface area contributed by atoms with Crippen LogP contribution in [0.15, 0.2) is 73.2 Å². The summed E-state index contributed by atoms with van der Waals surface area (Å²) in [6.45, 7) is 4.81. The third-order valence-corrected chi connectivity index (χ3v) is 6.87. The Morgan fingerprint density at radius 2 is 1.82 bits per heavy atom. The lowest BCUT2D eigenvalue weighted by Gasteiger charge is -2.26. The Hall–Kier alpha value is -4.28. The minimum Gasteiger partial charge on any atom is -0.379 e. The summed E-state index contributed by atoms with van der Waals surface area (Å²) in [5.41, 5.74) is 4.08. The summed E-state index contributed by atoms with van der Waals surface area (Å²) in [6, 6.07) is 17.2. The monoisotopic (exact) mass is 541 g/mol. The van der Waals surface area contributed by atoms with E-state index >= 15 is 0 Å². The van der Waals surface area contributed by atoms with E-state index in [0.717, 1.165) is 55.4 Å². The maximum Gasteiger partial charge on any atom is 0.258 e. The highest BCUT2D eigenvalue weighted by atomic mass is 16.5. The molecule has 10 heteroatoms. The number of aryl methyl sites for hydroxylation is 2. The number of ether oxygens (including phenoxy) is 1. The number of amides is 2. The van der Waals surface area contributed by atoms with Gasteiger partial charge in [-0.25, -0.2) is 4.98 Å². The summed E-state index contributed by atoms with van der Waals surface area (Å²) < 4.78 is 8.97. The van der Waals surface area contributed by atoms with Crippen molar-refractivity contribution in [3.05, 3.63) is 84.4 Å². The molecule has 0 radical (unpaired) electrons. The standard InChI is InChI=1S/C30H35N7O3/c1-35-21-25(20-32-35)23-7-5-8-24(19-23)29(39)34-30-33-26(22-37(30)27-10-3-2-4-11-27)9-6-12-28(38)31-13-14-36-15-17-40-18-16-36/h2-5,7-8,10-11,19-22H,6,9,12-18H2,1H3,(H,31,38)(H,33,34,39). The molecule has 0 atom stereocenters. The molecule has 4 aromatic rings. The van der Waals surface area contributed by atoms with E-state index < -0.39 is 0 Å². The van der Waals surface area contributed by atoms with Gasteiger partial charge in [0.1, 0.15) is 0 Å². The van der Waals surface area contributed by atoms with Crippen molar-refractivity contribution in [3.8, 4) is 16.8 Å². The van der Waals surface area contributed by atoms with E-state index in [-0.39, 0.29) is 11.8 Å². The lowest BCUT2D eigenvalue weighted by Crippen LogP contribution is -2.41. The number of imidazole rings is 1. The molecule has 2 N–H and O–H groups in total. The van der Waals surface area contributed by atoms with Crippen LogP contribution < -0.4 is 10.6 Å². The van der Waals surface area contributed by atoms with Crippen molar-refractivity contribution in [2.45, 2.75) is 19.3 Å². The van der Waals surface area contributed by atoms with Crippen molar-refractivity contribution >= 4 is 17.8 Å².